The van der Waals surface area contributed by atoms with E-state index >= 15 is 0 Å². The number of rotatable bonds is 5. The van der Waals surface area contributed by atoms with E-state index in [0.717, 1.165) is 42.5 Å². The number of piperidine rings is 1. The first kappa shape index (κ1) is 22.9. The topological polar surface area (TPSA) is 110 Å². The SMILES string of the molecule is C[C@H]1C[C@H](C)CN(S(=O)(=O)c2ccc(C(=O)Nc3sc4c(c3C(N)=O)CCCC4)cc2)C1. The largest absolute Gasteiger partial charge is 0.365 e. The maximum Gasteiger partial charge on any atom is 0.256 e. The van der Waals surface area contributed by atoms with Gasteiger partial charge in [0.05, 0.1) is 10.5 Å². The molecule has 32 heavy (non-hydrogen) atoms. The average Bonchev–Trinajstić information content (AvgIpc) is 3.11. The molecule has 2 amide bonds. The predicted molar refractivity (Wildman–Crippen MR) is 126 cm³/mol. The second-order valence-electron chi connectivity index (χ2n) is 9.03. The zero-order valence-electron chi connectivity index (χ0n) is 18.4. The number of nitrogens with two attached hydrogens (primary N) is 1. The van der Waals surface area contributed by atoms with Gasteiger partial charge in [-0.2, -0.15) is 4.31 Å². The number of nitrogens with one attached hydrogen (secondary N) is 1. The Labute approximate surface area is 193 Å². The fourth-order valence-corrected chi connectivity index (χ4v) is 7.79. The fraction of sp³-hybridized carbons (Fsp3) is 0.478. The van der Waals surface area contributed by atoms with Crippen LogP contribution in [0.25, 0.3) is 0 Å². The molecule has 1 fully saturated rings. The number of thiophene rings is 1. The molecule has 172 valence electrons. The Balaban J connectivity index is 1.53. The molecule has 9 heteroatoms. The fourth-order valence-electron chi connectivity index (χ4n) is 4.82. The lowest BCUT2D eigenvalue weighted by atomic mass is 9.94. The Bertz CT molecular complexity index is 1130. The number of hydrogen-bond donors (Lipinski definition) is 2. The van der Waals surface area contributed by atoms with Gasteiger partial charge < -0.3 is 11.1 Å². The van der Waals surface area contributed by atoms with Gasteiger partial charge >= 0.3 is 0 Å². The molecule has 2 heterocycles. The second-order valence-corrected chi connectivity index (χ2v) is 12.1. The van der Waals surface area contributed by atoms with Crippen LogP contribution in [0.3, 0.4) is 0 Å². The van der Waals surface area contributed by atoms with Gasteiger partial charge in [-0.1, -0.05) is 13.8 Å². The Hall–Kier alpha value is -2.23. The molecule has 4 rings (SSSR count). The lowest BCUT2D eigenvalue weighted by molar-refractivity contribution is 0.100. The molecule has 3 N–H and O–H groups in total. The maximum absolute atomic E-state index is 13.1. The molecular weight excluding hydrogens is 446 g/mol. The molecule has 1 aliphatic heterocycles. The Morgan fingerprint density at radius 1 is 1.06 bits per heavy atom. The van der Waals surface area contributed by atoms with E-state index in [-0.39, 0.29) is 4.90 Å². The molecule has 2 aromatic rings. The van der Waals surface area contributed by atoms with Gasteiger partial charge in [0, 0.05) is 23.5 Å². The minimum atomic E-state index is -3.61. The molecular formula is C23H29N3O4S2. The van der Waals surface area contributed by atoms with Crippen molar-refractivity contribution >= 4 is 38.2 Å². The van der Waals surface area contributed by atoms with Crippen LogP contribution in [0, 0.1) is 11.8 Å². The number of carbonyl (C=O) groups excluding carboxylic acids is 2. The average molecular weight is 476 g/mol. The van der Waals surface area contributed by atoms with Crippen LogP contribution in [0.4, 0.5) is 5.00 Å². The van der Waals surface area contributed by atoms with Gasteiger partial charge in [-0.3, -0.25) is 9.59 Å². The van der Waals surface area contributed by atoms with Crippen LogP contribution in [0.1, 0.15) is 64.3 Å². The minimum Gasteiger partial charge on any atom is -0.365 e. The molecule has 2 atom stereocenters. The number of primary amides is 1. The zero-order valence-corrected chi connectivity index (χ0v) is 20.0. The first-order valence-electron chi connectivity index (χ1n) is 11.0. The minimum absolute atomic E-state index is 0.180. The van der Waals surface area contributed by atoms with Crippen molar-refractivity contribution in [3.8, 4) is 0 Å². The van der Waals surface area contributed by atoms with Gasteiger partial charge in [-0.15, -0.1) is 11.3 Å². The van der Waals surface area contributed by atoms with E-state index in [1.54, 1.807) is 0 Å². The molecule has 1 aliphatic carbocycles. The molecule has 0 unspecified atom stereocenters. The maximum atomic E-state index is 13.1. The number of sulfonamides is 1. The van der Waals surface area contributed by atoms with Crippen molar-refractivity contribution in [1.82, 2.24) is 4.31 Å². The van der Waals surface area contributed by atoms with E-state index in [2.05, 4.69) is 19.2 Å². The van der Waals surface area contributed by atoms with Crippen LogP contribution >= 0.6 is 11.3 Å². The molecule has 1 saturated heterocycles. The standard InChI is InChI=1S/C23H29N3O4S2/c1-14-11-15(2)13-26(12-14)32(29,30)17-9-7-16(8-10-17)22(28)25-23-20(21(24)27)18-5-3-4-6-19(18)31-23/h7-10,14-15H,3-6,11-13H2,1-2H3,(H2,24,27)(H,25,28)/t14-,15-/m0/s1. The van der Waals surface area contributed by atoms with E-state index in [1.165, 1.54) is 39.9 Å². The number of anilines is 1. The van der Waals surface area contributed by atoms with Crippen LogP contribution in [-0.2, 0) is 22.9 Å². The normalized spacial score (nSPS) is 21.7. The van der Waals surface area contributed by atoms with Crippen molar-refractivity contribution in [2.24, 2.45) is 17.6 Å². The quantitative estimate of drug-likeness (QED) is 0.688. The lowest BCUT2D eigenvalue weighted by Crippen LogP contribution is -2.42. The van der Waals surface area contributed by atoms with Gasteiger partial charge in [0.1, 0.15) is 5.00 Å². The molecule has 0 saturated carbocycles. The van der Waals surface area contributed by atoms with Crippen molar-refractivity contribution in [3.63, 3.8) is 0 Å². The molecule has 7 nitrogen and oxygen atoms in total. The van der Waals surface area contributed by atoms with Gasteiger partial charge in [0.2, 0.25) is 10.0 Å². The van der Waals surface area contributed by atoms with Gasteiger partial charge in [0.25, 0.3) is 11.8 Å². The highest BCUT2D eigenvalue weighted by molar-refractivity contribution is 7.89. The van der Waals surface area contributed by atoms with E-state index in [4.69, 9.17) is 5.73 Å². The van der Waals surface area contributed by atoms with Gasteiger partial charge in [0.15, 0.2) is 0 Å². The summed E-state index contributed by atoms with van der Waals surface area (Å²) in [6.45, 7) is 5.14. The van der Waals surface area contributed by atoms with Crippen LogP contribution < -0.4 is 11.1 Å². The van der Waals surface area contributed by atoms with E-state index < -0.39 is 21.8 Å². The highest BCUT2D eigenvalue weighted by Gasteiger charge is 2.32. The summed E-state index contributed by atoms with van der Waals surface area (Å²) in [6, 6.07) is 5.97. The summed E-state index contributed by atoms with van der Waals surface area (Å²) in [6.07, 6.45) is 4.76. The van der Waals surface area contributed by atoms with Gasteiger partial charge in [-0.25, -0.2) is 8.42 Å². The second kappa shape index (κ2) is 8.96. The summed E-state index contributed by atoms with van der Waals surface area (Å²) in [5.74, 6) is -0.300. The number of fused-ring (bicyclic) bond motifs is 1. The van der Waals surface area contributed by atoms with Crippen LogP contribution in [0.5, 0.6) is 0 Å². The number of carbonyl (C=O) groups is 2. The van der Waals surface area contributed by atoms with Crippen molar-refractivity contribution < 1.29 is 18.0 Å². The number of aryl methyl sites for hydroxylation is 1. The first-order chi connectivity index (χ1) is 15.2. The van der Waals surface area contributed by atoms with Crippen molar-refractivity contribution in [3.05, 3.63) is 45.8 Å². The highest BCUT2D eigenvalue weighted by Crippen LogP contribution is 2.38. The van der Waals surface area contributed by atoms with Crippen LogP contribution in [0.15, 0.2) is 29.2 Å². The van der Waals surface area contributed by atoms with Crippen molar-refractivity contribution in [1.29, 1.82) is 0 Å². The first-order valence-corrected chi connectivity index (χ1v) is 13.3. The summed E-state index contributed by atoms with van der Waals surface area (Å²) in [5, 5.41) is 3.29. The Kier molecular flexibility index (Phi) is 6.42. The molecule has 0 bridgehead atoms. The van der Waals surface area contributed by atoms with Crippen LogP contribution in [0.2, 0.25) is 0 Å². The summed E-state index contributed by atoms with van der Waals surface area (Å²) < 4.78 is 27.7. The molecule has 1 aromatic heterocycles. The van der Waals surface area contributed by atoms with Crippen molar-refractivity contribution in [2.75, 3.05) is 18.4 Å². The predicted octanol–water partition coefficient (Wildman–Crippen LogP) is 3.64. The summed E-state index contributed by atoms with van der Waals surface area (Å²) in [7, 11) is -3.61. The van der Waals surface area contributed by atoms with Crippen LogP contribution in [-0.4, -0.2) is 37.6 Å². The molecule has 2 aliphatic rings. The summed E-state index contributed by atoms with van der Waals surface area (Å²) in [4.78, 5) is 26.1. The summed E-state index contributed by atoms with van der Waals surface area (Å²) in [5.41, 5.74) is 7.29. The van der Waals surface area contributed by atoms with Crippen molar-refractivity contribution in [2.45, 2.75) is 50.8 Å². The summed E-state index contributed by atoms with van der Waals surface area (Å²) >= 11 is 1.40. The van der Waals surface area contributed by atoms with E-state index in [1.807, 2.05) is 0 Å². The third-order valence-electron chi connectivity index (χ3n) is 6.23. The van der Waals surface area contributed by atoms with Gasteiger partial charge in [-0.05, 0) is 73.8 Å². The van der Waals surface area contributed by atoms with E-state index in [9.17, 15) is 18.0 Å². The number of benzene rings is 1. The highest BCUT2D eigenvalue weighted by atomic mass is 32.2. The van der Waals surface area contributed by atoms with E-state index in [0.29, 0.717) is 41.1 Å². The number of amides is 2. The monoisotopic (exact) mass is 475 g/mol. The Morgan fingerprint density at radius 2 is 1.69 bits per heavy atom. The number of hydrogen-bond acceptors (Lipinski definition) is 5. The molecule has 1 aromatic carbocycles. The Morgan fingerprint density at radius 3 is 2.31 bits per heavy atom. The smallest absolute Gasteiger partial charge is 0.256 e. The zero-order chi connectivity index (χ0) is 23.0. The number of nitrogens with zero attached hydrogens (tertiary/aromatic N) is 1. The third kappa shape index (κ3) is 4.46. The lowest BCUT2D eigenvalue weighted by Gasteiger charge is -2.34. The molecule has 0 radical (unpaired) electrons. The third-order valence-corrected chi connectivity index (χ3v) is 9.29. The molecule has 0 spiro atoms.